The maximum absolute atomic E-state index is 12.8. The van der Waals surface area contributed by atoms with Gasteiger partial charge in [0.05, 0.1) is 41.4 Å². The minimum absolute atomic E-state index is 0.144. The lowest BCUT2D eigenvalue weighted by molar-refractivity contribution is -0.137. The number of anilines is 1. The lowest BCUT2D eigenvalue weighted by Crippen LogP contribution is -2.33. The largest absolute Gasteiger partial charge is 0.417 e. The fourth-order valence-corrected chi connectivity index (χ4v) is 2.85. The number of amides is 2. The molecule has 0 aliphatic carbocycles. The second-order valence-corrected chi connectivity index (χ2v) is 6.89. The van der Waals surface area contributed by atoms with Crippen molar-refractivity contribution in [3.8, 4) is 5.82 Å². The van der Waals surface area contributed by atoms with Crippen LogP contribution in [0.2, 0.25) is 0 Å². The third-order valence-corrected chi connectivity index (χ3v) is 4.24. The van der Waals surface area contributed by atoms with Gasteiger partial charge in [0.2, 0.25) is 5.91 Å². The third-order valence-electron chi connectivity index (χ3n) is 4.24. The maximum Gasteiger partial charge on any atom is 0.417 e. The van der Waals surface area contributed by atoms with Crippen molar-refractivity contribution in [2.45, 2.75) is 25.9 Å². The van der Waals surface area contributed by atoms with Crippen LogP contribution in [0, 0.1) is 0 Å². The van der Waals surface area contributed by atoms with E-state index in [1.165, 1.54) is 23.1 Å². The van der Waals surface area contributed by atoms with Crippen LogP contribution in [0.1, 0.15) is 41.4 Å². The van der Waals surface area contributed by atoms with Crippen LogP contribution in [0.5, 0.6) is 0 Å². The van der Waals surface area contributed by atoms with E-state index < -0.39 is 23.6 Å². The predicted octanol–water partition coefficient (Wildman–Crippen LogP) is 3.17. The zero-order valence-electron chi connectivity index (χ0n) is 16.6. The summed E-state index contributed by atoms with van der Waals surface area (Å²) in [4.78, 5) is 32.4. The van der Waals surface area contributed by atoms with Gasteiger partial charge in [-0.25, -0.2) is 9.67 Å². The van der Waals surface area contributed by atoms with Crippen molar-refractivity contribution < 1.29 is 22.8 Å². The number of halogens is 3. The molecule has 11 heteroatoms. The summed E-state index contributed by atoms with van der Waals surface area (Å²) in [6, 6.07) is 5.40. The van der Waals surface area contributed by atoms with Crippen molar-refractivity contribution >= 4 is 17.5 Å². The Balaban J connectivity index is 1.75. The van der Waals surface area contributed by atoms with E-state index in [1.54, 1.807) is 18.3 Å². The number of nitrogens with zero attached hydrogens (tertiary/aromatic N) is 4. The molecule has 3 heterocycles. The number of rotatable bonds is 6. The molecule has 8 nitrogen and oxygen atoms in total. The first-order chi connectivity index (χ1) is 14.7. The summed E-state index contributed by atoms with van der Waals surface area (Å²) in [6.07, 6.45) is 0.538. The van der Waals surface area contributed by atoms with Gasteiger partial charge in [0.15, 0.2) is 5.82 Å². The van der Waals surface area contributed by atoms with Crippen molar-refractivity contribution in [2.75, 3.05) is 11.9 Å². The van der Waals surface area contributed by atoms with E-state index in [4.69, 9.17) is 0 Å². The molecule has 0 aromatic carbocycles. The quantitative estimate of drug-likeness (QED) is 0.623. The standard InChI is InChI=1S/C20H19F3N6O2/c1-12(2)18-15(19(31)26-11-17(30)28-14-4-3-7-24-9-14)10-27-29(18)16-6-5-13(8-25-16)20(21,22)23/h3-10,12H,11H2,1-2H3,(H,26,31)(H,28,30). The SMILES string of the molecule is CC(C)c1c(C(=O)NCC(=O)Nc2cccnc2)cnn1-c1ccc(C(F)(F)F)cn1. The van der Waals surface area contributed by atoms with Crippen molar-refractivity contribution in [1.82, 2.24) is 25.1 Å². The number of carbonyl (C=O) groups excluding carboxylic acids is 2. The third kappa shape index (κ3) is 5.24. The molecule has 0 spiro atoms. The van der Waals surface area contributed by atoms with E-state index in [9.17, 15) is 22.8 Å². The van der Waals surface area contributed by atoms with Crippen LogP contribution in [0.4, 0.5) is 18.9 Å². The Hall–Kier alpha value is -3.76. The molecule has 0 unspecified atom stereocenters. The van der Waals surface area contributed by atoms with Crippen LogP contribution in [0.3, 0.4) is 0 Å². The number of hydrogen-bond acceptors (Lipinski definition) is 5. The maximum atomic E-state index is 12.8. The van der Waals surface area contributed by atoms with Gasteiger partial charge < -0.3 is 10.6 Å². The molecule has 0 saturated carbocycles. The molecule has 2 amide bonds. The van der Waals surface area contributed by atoms with E-state index >= 15 is 0 Å². The summed E-state index contributed by atoms with van der Waals surface area (Å²) in [6.45, 7) is 3.34. The minimum Gasteiger partial charge on any atom is -0.343 e. The first-order valence-electron chi connectivity index (χ1n) is 9.26. The molecule has 0 saturated heterocycles. The van der Waals surface area contributed by atoms with Crippen LogP contribution in [-0.2, 0) is 11.0 Å². The van der Waals surface area contributed by atoms with Gasteiger partial charge >= 0.3 is 6.18 Å². The van der Waals surface area contributed by atoms with Gasteiger partial charge in [-0.3, -0.25) is 14.6 Å². The van der Waals surface area contributed by atoms with Gasteiger partial charge in [-0.1, -0.05) is 13.8 Å². The smallest absolute Gasteiger partial charge is 0.343 e. The molecule has 0 radical (unpaired) electrons. The number of hydrogen-bond donors (Lipinski definition) is 2. The molecule has 0 bridgehead atoms. The molecule has 2 N–H and O–H groups in total. The molecule has 0 fully saturated rings. The van der Waals surface area contributed by atoms with Crippen LogP contribution in [0.15, 0.2) is 49.1 Å². The molecule has 3 aromatic rings. The second kappa shape index (κ2) is 8.94. The van der Waals surface area contributed by atoms with Crippen molar-refractivity contribution in [3.05, 3.63) is 65.9 Å². The lowest BCUT2D eigenvalue weighted by Gasteiger charge is -2.13. The molecular formula is C20H19F3N6O2. The molecule has 3 rings (SSSR count). The topological polar surface area (TPSA) is 102 Å². The Labute approximate surface area is 175 Å². The molecule has 0 atom stereocenters. The predicted molar refractivity (Wildman–Crippen MR) is 106 cm³/mol. The first kappa shape index (κ1) is 21.9. The molecule has 0 aliphatic heterocycles. The Morgan fingerprint density at radius 2 is 1.90 bits per heavy atom. The molecule has 3 aromatic heterocycles. The average molecular weight is 432 g/mol. The van der Waals surface area contributed by atoms with Gasteiger partial charge in [0.25, 0.3) is 5.91 Å². The van der Waals surface area contributed by atoms with Crippen molar-refractivity contribution in [2.24, 2.45) is 0 Å². The Bertz CT molecular complexity index is 1060. The Morgan fingerprint density at radius 1 is 1.13 bits per heavy atom. The van der Waals surface area contributed by atoms with Gasteiger partial charge in [-0.15, -0.1) is 0 Å². The highest BCUT2D eigenvalue weighted by Crippen LogP contribution is 2.29. The lowest BCUT2D eigenvalue weighted by atomic mass is 10.1. The Kier molecular flexibility index (Phi) is 6.33. The number of aromatic nitrogens is 4. The Morgan fingerprint density at radius 3 is 2.48 bits per heavy atom. The van der Waals surface area contributed by atoms with Crippen LogP contribution in [-0.4, -0.2) is 38.1 Å². The summed E-state index contributed by atoms with van der Waals surface area (Å²) >= 11 is 0. The van der Waals surface area contributed by atoms with E-state index in [0.717, 1.165) is 6.07 Å². The summed E-state index contributed by atoms with van der Waals surface area (Å²) in [5.74, 6) is -1.03. The summed E-state index contributed by atoms with van der Waals surface area (Å²) in [7, 11) is 0. The molecule has 31 heavy (non-hydrogen) atoms. The van der Waals surface area contributed by atoms with Crippen molar-refractivity contribution in [3.63, 3.8) is 0 Å². The van der Waals surface area contributed by atoms with Gasteiger partial charge in [0, 0.05) is 12.4 Å². The fraction of sp³-hybridized carbons (Fsp3) is 0.250. The monoisotopic (exact) mass is 432 g/mol. The normalized spacial score (nSPS) is 11.4. The fourth-order valence-electron chi connectivity index (χ4n) is 2.85. The highest BCUT2D eigenvalue weighted by molar-refractivity contribution is 5.99. The second-order valence-electron chi connectivity index (χ2n) is 6.89. The highest BCUT2D eigenvalue weighted by Gasteiger charge is 2.31. The van der Waals surface area contributed by atoms with E-state index in [0.29, 0.717) is 17.6 Å². The van der Waals surface area contributed by atoms with E-state index in [1.807, 2.05) is 13.8 Å². The van der Waals surface area contributed by atoms with E-state index in [-0.39, 0.29) is 23.8 Å². The van der Waals surface area contributed by atoms with Gasteiger partial charge in [0.1, 0.15) is 0 Å². The summed E-state index contributed by atoms with van der Waals surface area (Å²) in [5.41, 5.74) is 0.265. The first-order valence-corrected chi connectivity index (χ1v) is 9.26. The summed E-state index contributed by atoms with van der Waals surface area (Å²) in [5, 5.41) is 9.23. The molecular weight excluding hydrogens is 413 g/mol. The van der Waals surface area contributed by atoms with E-state index in [2.05, 4.69) is 25.7 Å². The number of carbonyl (C=O) groups is 2. The molecule has 162 valence electrons. The number of alkyl halides is 3. The van der Waals surface area contributed by atoms with Gasteiger partial charge in [-0.2, -0.15) is 18.3 Å². The van der Waals surface area contributed by atoms with Gasteiger partial charge in [-0.05, 0) is 30.2 Å². The average Bonchev–Trinajstić information content (AvgIpc) is 3.18. The minimum atomic E-state index is -4.50. The van der Waals surface area contributed by atoms with Crippen molar-refractivity contribution in [1.29, 1.82) is 0 Å². The zero-order chi connectivity index (χ0) is 22.6. The number of nitrogens with one attached hydrogen (secondary N) is 2. The number of pyridine rings is 2. The zero-order valence-corrected chi connectivity index (χ0v) is 16.6. The molecule has 0 aliphatic rings. The van der Waals surface area contributed by atoms with Crippen LogP contribution in [0.25, 0.3) is 5.82 Å². The summed E-state index contributed by atoms with van der Waals surface area (Å²) < 4.78 is 39.6. The van der Waals surface area contributed by atoms with Crippen LogP contribution >= 0.6 is 0 Å². The van der Waals surface area contributed by atoms with Crippen LogP contribution < -0.4 is 10.6 Å². The highest BCUT2D eigenvalue weighted by atomic mass is 19.4.